The molecule has 0 aliphatic carbocycles. The Morgan fingerprint density at radius 3 is 2.73 bits per heavy atom. The lowest BCUT2D eigenvalue weighted by atomic mass is 10.2. The van der Waals surface area contributed by atoms with E-state index in [2.05, 4.69) is 5.32 Å². The van der Waals surface area contributed by atoms with Crippen molar-refractivity contribution in [3.8, 4) is 0 Å². The van der Waals surface area contributed by atoms with Crippen LogP contribution in [-0.2, 0) is 9.59 Å². The number of likely N-dealkylation sites (tertiary alicyclic amines) is 1. The lowest BCUT2D eigenvalue weighted by Gasteiger charge is -2.15. The van der Waals surface area contributed by atoms with E-state index in [1.807, 2.05) is 18.7 Å². The molecule has 2 N–H and O–H groups in total. The maximum atomic E-state index is 11.4. The highest BCUT2D eigenvalue weighted by molar-refractivity contribution is 5.78. The van der Waals surface area contributed by atoms with E-state index in [4.69, 9.17) is 5.11 Å². The summed E-state index contributed by atoms with van der Waals surface area (Å²) in [7, 11) is 0. The zero-order chi connectivity index (χ0) is 11.4. The Balaban J connectivity index is 2.30. The monoisotopic (exact) mass is 214 g/mol. The molecule has 0 spiro atoms. The summed E-state index contributed by atoms with van der Waals surface area (Å²) in [6.07, 6.45) is 0.839. The molecule has 1 heterocycles. The topological polar surface area (TPSA) is 69.6 Å². The zero-order valence-electron chi connectivity index (χ0n) is 9.19. The first kappa shape index (κ1) is 12.0. The molecule has 86 valence electrons. The molecule has 0 unspecified atom stereocenters. The van der Waals surface area contributed by atoms with Crippen molar-refractivity contribution < 1.29 is 14.7 Å². The predicted molar refractivity (Wildman–Crippen MR) is 55.5 cm³/mol. The summed E-state index contributed by atoms with van der Waals surface area (Å²) in [6.45, 7) is 5.15. The lowest BCUT2D eigenvalue weighted by molar-refractivity contribution is -0.138. The average Bonchev–Trinajstić information content (AvgIpc) is 2.51. The van der Waals surface area contributed by atoms with Gasteiger partial charge in [-0.1, -0.05) is 13.8 Å². The summed E-state index contributed by atoms with van der Waals surface area (Å²) in [5.41, 5.74) is 0. The number of aliphatic carboxylic acids is 1. The quantitative estimate of drug-likeness (QED) is 0.686. The Morgan fingerprint density at radius 1 is 1.53 bits per heavy atom. The van der Waals surface area contributed by atoms with Gasteiger partial charge in [0.05, 0.1) is 6.54 Å². The summed E-state index contributed by atoms with van der Waals surface area (Å²) < 4.78 is 0. The van der Waals surface area contributed by atoms with Crippen LogP contribution in [-0.4, -0.2) is 47.6 Å². The fourth-order valence-corrected chi connectivity index (χ4v) is 1.65. The molecule has 15 heavy (non-hydrogen) atoms. The van der Waals surface area contributed by atoms with Crippen LogP contribution in [0.2, 0.25) is 0 Å². The Hall–Kier alpha value is -1.10. The smallest absolute Gasteiger partial charge is 0.317 e. The number of carboxylic acid groups (broad SMARTS) is 1. The third-order valence-corrected chi connectivity index (χ3v) is 2.50. The number of nitrogens with zero attached hydrogens (tertiary/aromatic N) is 1. The van der Waals surface area contributed by atoms with Crippen LogP contribution in [0.15, 0.2) is 0 Å². The number of carbonyl (C=O) groups excluding carboxylic acids is 1. The molecular formula is C10H18N2O3. The second-order valence-corrected chi connectivity index (χ2v) is 4.28. The molecule has 0 aromatic heterocycles. The van der Waals surface area contributed by atoms with E-state index >= 15 is 0 Å². The molecule has 1 aliphatic heterocycles. The van der Waals surface area contributed by atoms with Crippen molar-refractivity contribution in [2.45, 2.75) is 26.3 Å². The van der Waals surface area contributed by atoms with Crippen molar-refractivity contribution in [3.63, 3.8) is 0 Å². The molecule has 0 bridgehead atoms. The number of carbonyl (C=O) groups is 2. The van der Waals surface area contributed by atoms with Gasteiger partial charge >= 0.3 is 5.97 Å². The van der Waals surface area contributed by atoms with E-state index < -0.39 is 5.97 Å². The van der Waals surface area contributed by atoms with E-state index in [1.54, 1.807) is 0 Å². The molecule has 1 aliphatic rings. The maximum absolute atomic E-state index is 11.4. The number of amides is 1. The molecule has 0 aromatic carbocycles. The number of hydrogen-bond acceptors (Lipinski definition) is 3. The normalized spacial score (nSPS) is 21.9. The fraction of sp³-hybridized carbons (Fsp3) is 0.800. The van der Waals surface area contributed by atoms with Gasteiger partial charge in [0.1, 0.15) is 0 Å². The Bertz CT molecular complexity index is 253. The van der Waals surface area contributed by atoms with E-state index in [1.165, 1.54) is 0 Å². The van der Waals surface area contributed by atoms with Crippen LogP contribution in [0.25, 0.3) is 0 Å². The van der Waals surface area contributed by atoms with Gasteiger partial charge < -0.3 is 10.4 Å². The van der Waals surface area contributed by atoms with Crippen molar-refractivity contribution in [1.29, 1.82) is 0 Å². The van der Waals surface area contributed by atoms with Crippen LogP contribution in [0.4, 0.5) is 0 Å². The fourth-order valence-electron chi connectivity index (χ4n) is 1.65. The minimum absolute atomic E-state index is 0.0153. The van der Waals surface area contributed by atoms with Gasteiger partial charge in [0.2, 0.25) is 5.91 Å². The molecule has 1 atom stereocenters. The number of rotatable bonds is 4. The summed E-state index contributed by atoms with van der Waals surface area (Å²) in [5.74, 6) is -0.790. The Kier molecular flexibility index (Phi) is 4.08. The average molecular weight is 214 g/mol. The first-order chi connectivity index (χ1) is 6.99. The molecule has 0 aromatic rings. The third-order valence-electron chi connectivity index (χ3n) is 2.50. The highest BCUT2D eigenvalue weighted by atomic mass is 16.4. The van der Waals surface area contributed by atoms with E-state index in [0.29, 0.717) is 6.54 Å². The minimum atomic E-state index is -0.814. The van der Waals surface area contributed by atoms with Gasteiger partial charge in [-0.2, -0.15) is 0 Å². The van der Waals surface area contributed by atoms with Gasteiger partial charge in [-0.3, -0.25) is 14.5 Å². The number of hydrogen-bond donors (Lipinski definition) is 2. The van der Waals surface area contributed by atoms with Crippen LogP contribution in [0.1, 0.15) is 20.3 Å². The van der Waals surface area contributed by atoms with Gasteiger partial charge in [0.25, 0.3) is 0 Å². The van der Waals surface area contributed by atoms with Gasteiger partial charge in [-0.05, 0) is 6.42 Å². The van der Waals surface area contributed by atoms with Gasteiger partial charge in [-0.15, -0.1) is 0 Å². The Morgan fingerprint density at radius 2 is 2.20 bits per heavy atom. The largest absolute Gasteiger partial charge is 0.480 e. The number of nitrogens with one attached hydrogen (secondary N) is 1. The van der Waals surface area contributed by atoms with E-state index in [9.17, 15) is 9.59 Å². The van der Waals surface area contributed by atoms with Gasteiger partial charge in [0.15, 0.2) is 0 Å². The maximum Gasteiger partial charge on any atom is 0.317 e. The molecule has 1 saturated heterocycles. The lowest BCUT2D eigenvalue weighted by Crippen LogP contribution is -2.39. The van der Waals surface area contributed by atoms with E-state index in [0.717, 1.165) is 13.0 Å². The molecule has 1 amide bonds. The Labute approximate surface area is 89.4 Å². The van der Waals surface area contributed by atoms with Crippen molar-refractivity contribution in [1.82, 2.24) is 10.2 Å². The summed E-state index contributed by atoms with van der Waals surface area (Å²) in [6, 6.07) is 0.110. The second kappa shape index (κ2) is 5.11. The van der Waals surface area contributed by atoms with Crippen LogP contribution in [0.3, 0.4) is 0 Å². The van der Waals surface area contributed by atoms with Crippen LogP contribution in [0.5, 0.6) is 0 Å². The van der Waals surface area contributed by atoms with Crippen LogP contribution >= 0.6 is 0 Å². The standard InChI is InChI=1S/C10H18N2O3/c1-7(2)10(15)11-8-3-4-12(5-8)6-9(13)14/h7-8H,3-6H2,1-2H3,(H,11,15)(H,13,14)/t8-/m0/s1. The van der Waals surface area contributed by atoms with Crippen molar-refractivity contribution in [2.75, 3.05) is 19.6 Å². The SMILES string of the molecule is CC(C)C(=O)N[C@H]1CCN(CC(=O)O)C1. The zero-order valence-corrected chi connectivity index (χ0v) is 9.19. The number of carboxylic acids is 1. The summed E-state index contributed by atoms with van der Waals surface area (Å²) in [5, 5.41) is 11.5. The minimum Gasteiger partial charge on any atom is -0.480 e. The predicted octanol–water partition coefficient (Wildman–Crippen LogP) is -0.0825. The molecule has 1 fully saturated rings. The highest BCUT2D eigenvalue weighted by Crippen LogP contribution is 2.09. The molecule has 0 radical (unpaired) electrons. The molecule has 5 heteroatoms. The summed E-state index contributed by atoms with van der Waals surface area (Å²) >= 11 is 0. The molecular weight excluding hydrogens is 196 g/mol. The third kappa shape index (κ3) is 3.87. The van der Waals surface area contributed by atoms with Crippen molar-refractivity contribution in [3.05, 3.63) is 0 Å². The first-order valence-electron chi connectivity index (χ1n) is 5.23. The molecule has 5 nitrogen and oxygen atoms in total. The van der Waals surface area contributed by atoms with Gasteiger partial charge in [0, 0.05) is 25.0 Å². The molecule has 0 saturated carbocycles. The first-order valence-corrected chi connectivity index (χ1v) is 5.23. The van der Waals surface area contributed by atoms with Crippen molar-refractivity contribution >= 4 is 11.9 Å². The van der Waals surface area contributed by atoms with Crippen LogP contribution in [0, 0.1) is 5.92 Å². The van der Waals surface area contributed by atoms with E-state index in [-0.39, 0.29) is 24.4 Å². The summed E-state index contributed by atoms with van der Waals surface area (Å²) in [4.78, 5) is 23.7. The highest BCUT2D eigenvalue weighted by Gasteiger charge is 2.25. The molecule has 1 rings (SSSR count). The van der Waals surface area contributed by atoms with Crippen LogP contribution < -0.4 is 5.32 Å². The van der Waals surface area contributed by atoms with Crippen molar-refractivity contribution in [2.24, 2.45) is 5.92 Å². The van der Waals surface area contributed by atoms with Gasteiger partial charge in [-0.25, -0.2) is 0 Å². The second-order valence-electron chi connectivity index (χ2n) is 4.28.